The van der Waals surface area contributed by atoms with Crippen LogP contribution in [0.3, 0.4) is 0 Å². The number of nitrogens with one attached hydrogen (secondary N) is 1. The molecule has 2 N–H and O–H groups in total. The van der Waals surface area contributed by atoms with E-state index in [1.54, 1.807) is 26.4 Å². The molecule has 0 aliphatic heterocycles. The summed E-state index contributed by atoms with van der Waals surface area (Å²) in [5.74, 6) is 1.27. The quantitative estimate of drug-likeness (QED) is 0.790. The molecule has 2 aromatic rings. The van der Waals surface area contributed by atoms with E-state index in [-0.39, 0.29) is 0 Å². The molecule has 0 heterocycles. The van der Waals surface area contributed by atoms with Gasteiger partial charge in [0.2, 0.25) is 0 Å². The first-order valence-corrected chi connectivity index (χ1v) is 7.79. The van der Waals surface area contributed by atoms with Crippen LogP contribution in [-0.2, 0) is 6.54 Å². The van der Waals surface area contributed by atoms with Gasteiger partial charge < -0.3 is 19.9 Å². The maximum Gasteiger partial charge on any atom is 0.161 e. The number of aliphatic hydroxyl groups is 1. The lowest BCUT2D eigenvalue weighted by atomic mass is 10.1. The van der Waals surface area contributed by atoms with Gasteiger partial charge in [-0.1, -0.05) is 40.2 Å². The predicted octanol–water partition coefficient (Wildman–Crippen LogP) is 3.29. The van der Waals surface area contributed by atoms with Gasteiger partial charge in [0.25, 0.3) is 0 Å². The van der Waals surface area contributed by atoms with Crippen molar-refractivity contribution in [2.24, 2.45) is 0 Å². The summed E-state index contributed by atoms with van der Waals surface area (Å²) in [5.41, 5.74) is 1.94. The smallest absolute Gasteiger partial charge is 0.161 e. The summed E-state index contributed by atoms with van der Waals surface area (Å²) in [4.78, 5) is 0. The summed E-state index contributed by atoms with van der Waals surface area (Å²) >= 11 is 3.51. The van der Waals surface area contributed by atoms with Crippen LogP contribution in [0, 0.1) is 0 Å². The van der Waals surface area contributed by atoms with Crippen molar-refractivity contribution in [2.75, 3.05) is 20.8 Å². The monoisotopic (exact) mass is 365 g/mol. The van der Waals surface area contributed by atoms with Gasteiger partial charge >= 0.3 is 0 Å². The maximum atomic E-state index is 10.3. The molecule has 2 rings (SSSR count). The van der Waals surface area contributed by atoms with Crippen LogP contribution < -0.4 is 14.8 Å². The fourth-order valence-electron chi connectivity index (χ4n) is 2.16. The van der Waals surface area contributed by atoms with Gasteiger partial charge in [0.05, 0.1) is 20.3 Å². The zero-order valence-electron chi connectivity index (χ0n) is 12.7. The third-order valence-electron chi connectivity index (χ3n) is 3.40. The molecule has 0 aromatic heterocycles. The van der Waals surface area contributed by atoms with Crippen molar-refractivity contribution < 1.29 is 14.6 Å². The molecular weight excluding hydrogens is 346 g/mol. The van der Waals surface area contributed by atoms with Crippen LogP contribution in [0.2, 0.25) is 0 Å². The van der Waals surface area contributed by atoms with Crippen LogP contribution in [0.25, 0.3) is 0 Å². The van der Waals surface area contributed by atoms with Gasteiger partial charge in [-0.25, -0.2) is 0 Å². The minimum absolute atomic E-state index is 0.455. The van der Waals surface area contributed by atoms with Crippen LogP contribution in [0.4, 0.5) is 0 Å². The van der Waals surface area contributed by atoms with Gasteiger partial charge in [0.15, 0.2) is 11.5 Å². The molecule has 0 saturated heterocycles. The van der Waals surface area contributed by atoms with E-state index in [2.05, 4.69) is 21.2 Å². The van der Waals surface area contributed by atoms with Gasteiger partial charge in [0, 0.05) is 17.6 Å². The van der Waals surface area contributed by atoms with E-state index in [1.165, 1.54) is 0 Å². The highest BCUT2D eigenvalue weighted by molar-refractivity contribution is 9.10. The lowest BCUT2D eigenvalue weighted by molar-refractivity contribution is 0.174. The standard InChI is InChI=1S/C17H20BrNO3/c1-21-16-8-7-12(9-17(16)22-2)15(20)11-19-10-13-5-3-4-6-14(13)18/h3-9,15,19-20H,10-11H2,1-2H3/t15-/m1/s1. The van der Waals surface area contributed by atoms with E-state index in [0.717, 1.165) is 15.6 Å². The van der Waals surface area contributed by atoms with E-state index in [1.807, 2.05) is 30.3 Å². The zero-order valence-corrected chi connectivity index (χ0v) is 14.3. The number of methoxy groups -OCH3 is 2. The van der Waals surface area contributed by atoms with Crippen molar-refractivity contribution in [1.82, 2.24) is 5.32 Å². The molecule has 2 aromatic carbocycles. The van der Waals surface area contributed by atoms with E-state index >= 15 is 0 Å². The molecular formula is C17H20BrNO3. The van der Waals surface area contributed by atoms with Gasteiger partial charge in [-0.05, 0) is 29.3 Å². The molecule has 22 heavy (non-hydrogen) atoms. The normalized spacial score (nSPS) is 12.0. The summed E-state index contributed by atoms with van der Waals surface area (Å²) in [6.07, 6.45) is -0.609. The second-order valence-electron chi connectivity index (χ2n) is 4.85. The fraction of sp³-hybridized carbons (Fsp3) is 0.294. The highest BCUT2D eigenvalue weighted by atomic mass is 79.9. The SMILES string of the molecule is COc1ccc([C@H](O)CNCc2ccccc2Br)cc1OC. The fourth-order valence-corrected chi connectivity index (χ4v) is 2.59. The molecule has 118 valence electrons. The first-order valence-electron chi connectivity index (χ1n) is 6.99. The molecule has 0 saturated carbocycles. The second-order valence-corrected chi connectivity index (χ2v) is 5.71. The topological polar surface area (TPSA) is 50.7 Å². The Morgan fingerprint density at radius 2 is 1.82 bits per heavy atom. The Balaban J connectivity index is 1.95. The summed E-state index contributed by atoms with van der Waals surface area (Å²) in [5, 5.41) is 13.5. The first kappa shape index (κ1) is 16.8. The molecule has 0 radical (unpaired) electrons. The van der Waals surface area contributed by atoms with Gasteiger partial charge in [-0.2, -0.15) is 0 Å². The number of hydrogen-bond acceptors (Lipinski definition) is 4. The average Bonchev–Trinajstić information content (AvgIpc) is 2.55. The summed E-state index contributed by atoms with van der Waals surface area (Å²) in [6, 6.07) is 13.4. The Morgan fingerprint density at radius 3 is 2.50 bits per heavy atom. The second kappa shape index (κ2) is 8.17. The number of benzene rings is 2. The largest absolute Gasteiger partial charge is 0.493 e. The van der Waals surface area contributed by atoms with Gasteiger partial charge in [-0.15, -0.1) is 0 Å². The van der Waals surface area contributed by atoms with Crippen molar-refractivity contribution in [3.05, 3.63) is 58.1 Å². The van der Waals surface area contributed by atoms with Crippen molar-refractivity contribution in [1.29, 1.82) is 0 Å². The van der Waals surface area contributed by atoms with Crippen molar-refractivity contribution >= 4 is 15.9 Å². The molecule has 0 aliphatic rings. The molecule has 0 unspecified atom stereocenters. The van der Waals surface area contributed by atoms with Crippen LogP contribution in [0.1, 0.15) is 17.2 Å². The Kier molecular flexibility index (Phi) is 6.24. The molecule has 0 amide bonds. The van der Waals surface area contributed by atoms with Crippen LogP contribution >= 0.6 is 15.9 Å². The lowest BCUT2D eigenvalue weighted by Gasteiger charge is -2.15. The molecule has 0 spiro atoms. The Morgan fingerprint density at radius 1 is 1.09 bits per heavy atom. The summed E-state index contributed by atoms with van der Waals surface area (Å²) in [6.45, 7) is 1.14. The lowest BCUT2D eigenvalue weighted by Crippen LogP contribution is -2.21. The van der Waals surface area contributed by atoms with Crippen LogP contribution in [-0.4, -0.2) is 25.9 Å². The van der Waals surface area contributed by atoms with Gasteiger partial charge in [0.1, 0.15) is 0 Å². The number of halogens is 1. The average molecular weight is 366 g/mol. The third kappa shape index (κ3) is 4.22. The predicted molar refractivity (Wildman–Crippen MR) is 90.4 cm³/mol. The molecule has 5 heteroatoms. The number of aliphatic hydroxyl groups excluding tert-OH is 1. The van der Waals surface area contributed by atoms with E-state index in [4.69, 9.17) is 9.47 Å². The summed E-state index contributed by atoms with van der Waals surface area (Å²) in [7, 11) is 3.17. The van der Waals surface area contributed by atoms with Gasteiger partial charge in [-0.3, -0.25) is 0 Å². The van der Waals surface area contributed by atoms with Crippen molar-refractivity contribution in [2.45, 2.75) is 12.6 Å². The molecule has 4 nitrogen and oxygen atoms in total. The number of ether oxygens (including phenoxy) is 2. The minimum atomic E-state index is -0.609. The molecule has 1 atom stereocenters. The van der Waals surface area contributed by atoms with E-state index in [0.29, 0.717) is 24.6 Å². The Hall–Kier alpha value is -1.56. The summed E-state index contributed by atoms with van der Waals surface area (Å²) < 4.78 is 11.5. The minimum Gasteiger partial charge on any atom is -0.493 e. The first-order chi connectivity index (χ1) is 10.7. The molecule has 0 bridgehead atoms. The molecule has 0 aliphatic carbocycles. The number of rotatable bonds is 7. The highest BCUT2D eigenvalue weighted by Crippen LogP contribution is 2.29. The zero-order chi connectivity index (χ0) is 15.9. The van der Waals surface area contributed by atoms with Crippen molar-refractivity contribution in [3.8, 4) is 11.5 Å². The van der Waals surface area contributed by atoms with E-state index < -0.39 is 6.10 Å². The Labute approximate surface area is 139 Å². The third-order valence-corrected chi connectivity index (χ3v) is 4.18. The highest BCUT2D eigenvalue weighted by Gasteiger charge is 2.11. The maximum absolute atomic E-state index is 10.3. The number of hydrogen-bond donors (Lipinski definition) is 2. The molecule has 0 fully saturated rings. The Bertz CT molecular complexity index is 619. The van der Waals surface area contributed by atoms with Crippen LogP contribution in [0.15, 0.2) is 46.9 Å². The van der Waals surface area contributed by atoms with E-state index in [9.17, 15) is 5.11 Å². The van der Waals surface area contributed by atoms with Crippen molar-refractivity contribution in [3.63, 3.8) is 0 Å². The van der Waals surface area contributed by atoms with Crippen LogP contribution in [0.5, 0.6) is 11.5 Å².